The molecule has 5 rings (SSSR count). The Balaban J connectivity index is 1.65. The Bertz CT molecular complexity index is 1390. The largest absolute Gasteiger partial charge is 0.394 e. The maximum atomic E-state index is 14.8. The van der Waals surface area contributed by atoms with Crippen molar-refractivity contribution in [1.82, 2.24) is 9.80 Å². The number of aliphatic hydroxyl groups is 1. The summed E-state index contributed by atoms with van der Waals surface area (Å²) in [5.74, 6) is -2.46. The van der Waals surface area contributed by atoms with E-state index < -0.39 is 35.1 Å². The highest BCUT2D eigenvalue weighted by atomic mass is 16.5. The van der Waals surface area contributed by atoms with Gasteiger partial charge < -0.3 is 24.5 Å². The Morgan fingerprint density at radius 2 is 1.83 bits per heavy atom. The molecule has 2 aromatic carbocycles. The number of benzene rings is 2. The van der Waals surface area contributed by atoms with Crippen LogP contribution in [0.5, 0.6) is 0 Å². The number of nitrogens with zero attached hydrogens (tertiary/aromatic N) is 3. The number of carbonyl (C=O) groups excluding carboxylic acids is 3. The Morgan fingerprint density at radius 1 is 1.15 bits per heavy atom. The minimum Gasteiger partial charge on any atom is -0.394 e. The van der Waals surface area contributed by atoms with Crippen molar-refractivity contribution in [2.75, 3.05) is 31.6 Å². The third-order valence-corrected chi connectivity index (χ3v) is 9.73. The molecule has 3 amide bonds. The van der Waals surface area contributed by atoms with Gasteiger partial charge in [-0.3, -0.25) is 14.4 Å². The summed E-state index contributed by atoms with van der Waals surface area (Å²) in [4.78, 5) is 47.9. The van der Waals surface area contributed by atoms with Crippen molar-refractivity contribution in [2.45, 2.75) is 56.9 Å². The monoisotopic (exact) mass is 559 g/mol. The fourth-order valence-electron chi connectivity index (χ4n) is 7.60. The van der Waals surface area contributed by atoms with E-state index in [-0.39, 0.29) is 36.8 Å². The molecule has 218 valence electrons. The van der Waals surface area contributed by atoms with E-state index >= 15 is 0 Å². The SMILES string of the molecule is C=CCN(C)C(=O)[C@H]1[C@H]2C(=O)N([C@@H](CC)CO)C(C(=O)N(CC=C)c3ccc4ccccc4c3)C23CC(C)[C@]1(C)O3. The van der Waals surface area contributed by atoms with Gasteiger partial charge >= 0.3 is 0 Å². The van der Waals surface area contributed by atoms with Gasteiger partial charge in [0.2, 0.25) is 11.8 Å². The number of likely N-dealkylation sites (N-methyl/N-ethyl adjacent to an activating group) is 1. The average molecular weight is 560 g/mol. The molecule has 3 heterocycles. The van der Waals surface area contributed by atoms with Crippen LogP contribution in [0.4, 0.5) is 5.69 Å². The van der Waals surface area contributed by atoms with Gasteiger partial charge in [-0.15, -0.1) is 13.2 Å². The summed E-state index contributed by atoms with van der Waals surface area (Å²) < 4.78 is 6.86. The zero-order chi connectivity index (χ0) is 29.7. The van der Waals surface area contributed by atoms with Crippen LogP contribution in [-0.2, 0) is 19.1 Å². The summed E-state index contributed by atoms with van der Waals surface area (Å²) >= 11 is 0. The third-order valence-electron chi connectivity index (χ3n) is 9.73. The molecule has 3 saturated heterocycles. The van der Waals surface area contributed by atoms with Crippen molar-refractivity contribution in [2.24, 2.45) is 17.8 Å². The highest BCUT2D eigenvalue weighted by Gasteiger charge is 2.80. The average Bonchev–Trinajstić information content (AvgIpc) is 3.48. The first kappa shape index (κ1) is 29.0. The fraction of sp³-hybridized carbons (Fsp3) is 0.485. The maximum absolute atomic E-state index is 14.8. The summed E-state index contributed by atoms with van der Waals surface area (Å²) in [5.41, 5.74) is -1.43. The quantitative estimate of drug-likeness (QED) is 0.448. The summed E-state index contributed by atoms with van der Waals surface area (Å²) in [6, 6.07) is 12.2. The van der Waals surface area contributed by atoms with E-state index in [1.165, 1.54) is 4.90 Å². The fourth-order valence-corrected chi connectivity index (χ4v) is 7.60. The van der Waals surface area contributed by atoms with Gasteiger partial charge in [-0.1, -0.05) is 56.3 Å². The number of hydrogen-bond acceptors (Lipinski definition) is 5. The lowest BCUT2D eigenvalue weighted by Gasteiger charge is -2.39. The van der Waals surface area contributed by atoms with E-state index in [1.54, 1.807) is 29.0 Å². The first-order valence-corrected chi connectivity index (χ1v) is 14.5. The van der Waals surface area contributed by atoms with E-state index in [0.717, 1.165) is 10.8 Å². The molecule has 0 aromatic heterocycles. The van der Waals surface area contributed by atoms with Crippen molar-refractivity contribution in [3.63, 3.8) is 0 Å². The minimum atomic E-state index is -1.20. The van der Waals surface area contributed by atoms with Crippen molar-refractivity contribution in [3.8, 4) is 0 Å². The van der Waals surface area contributed by atoms with Crippen LogP contribution >= 0.6 is 0 Å². The molecular formula is C33H41N3O5. The second-order valence-electron chi connectivity index (χ2n) is 12.0. The number of ether oxygens (including phenoxy) is 1. The molecule has 2 bridgehead atoms. The second kappa shape index (κ2) is 10.7. The second-order valence-corrected chi connectivity index (χ2v) is 12.0. The van der Waals surface area contributed by atoms with Gasteiger partial charge in [0.15, 0.2) is 0 Å². The third kappa shape index (κ3) is 4.22. The molecule has 3 unspecified atom stereocenters. The number of fused-ring (bicyclic) bond motifs is 2. The zero-order valence-electron chi connectivity index (χ0n) is 24.5. The molecule has 7 atom stereocenters. The van der Waals surface area contributed by atoms with Crippen molar-refractivity contribution in [3.05, 3.63) is 67.8 Å². The first-order chi connectivity index (χ1) is 19.6. The molecule has 41 heavy (non-hydrogen) atoms. The molecule has 8 heteroatoms. The van der Waals surface area contributed by atoms with Crippen molar-refractivity contribution < 1.29 is 24.2 Å². The van der Waals surface area contributed by atoms with Crippen LogP contribution in [0.15, 0.2) is 67.8 Å². The normalized spacial score (nSPS) is 30.8. The summed E-state index contributed by atoms with van der Waals surface area (Å²) in [6.45, 7) is 13.7. The Morgan fingerprint density at radius 3 is 2.46 bits per heavy atom. The van der Waals surface area contributed by atoms with Crippen LogP contribution in [0.3, 0.4) is 0 Å². The lowest BCUT2D eigenvalue weighted by atomic mass is 9.62. The van der Waals surface area contributed by atoms with Crippen LogP contribution in [0, 0.1) is 17.8 Å². The van der Waals surface area contributed by atoms with Crippen LogP contribution < -0.4 is 4.90 Å². The summed E-state index contributed by atoms with van der Waals surface area (Å²) in [7, 11) is 1.70. The molecule has 2 aromatic rings. The van der Waals surface area contributed by atoms with E-state index in [9.17, 15) is 19.5 Å². The number of likely N-dealkylation sites (tertiary alicyclic amines) is 1. The van der Waals surface area contributed by atoms with E-state index in [2.05, 4.69) is 13.2 Å². The number of anilines is 1. The Hall–Kier alpha value is -3.49. The Kier molecular flexibility index (Phi) is 7.59. The Labute approximate surface area is 242 Å². The van der Waals surface area contributed by atoms with E-state index in [0.29, 0.717) is 25.1 Å². The predicted octanol–water partition coefficient (Wildman–Crippen LogP) is 3.78. The predicted molar refractivity (Wildman–Crippen MR) is 159 cm³/mol. The number of aliphatic hydroxyl groups excluding tert-OH is 1. The van der Waals surface area contributed by atoms with Crippen molar-refractivity contribution >= 4 is 34.2 Å². The number of rotatable bonds is 10. The molecule has 0 aliphatic carbocycles. The van der Waals surface area contributed by atoms with Crippen LogP contribution in [-0.4, -0.2) is 82.7 Å². The lowest BCUT2D eigenvalue weighted by Crippen LogP contribution is -2.59. The topological polar surface area (TPSA) is 90.4 Å². The highest BCUT2D eigenvalue weighted by Crippen LogP contribution is 2.65. The van der Waals surface area contributed by atoms with Crippen LogP contribution in [0.25, 0.3) is 10.8 Å². The smallest absolute Gasteiger partial charge is 0.253 e. The lowest BCUT2D eigenvalue weighted by molar-refractivity contribution is -0.153. The van der Waals surface area contributed by atoms with Crippen LogP contribution in [0.1, 0.15) is 33.6 Å². The molecule has 8 nitrogen and oxygen atoms in total. The van der Waals surface area contributed by atoms with Crippen LogP contribution in [0.2, 0.25) is 0 Å². The maximum Gasteiger partial charge on any atom is 0.253 e. The highest BCUT2D eigenvalue weighted by molar-refractivity contribution is 6.06. The van der Waals surface area contributed by atoms with Gasteiger partial charge in [-0.25, -0.2) is 0 Å². The summed E-state index contributed by atoms with van der Waals surface area (Å²) in [5, 5.41) is 12.4. The summed E-state index contributed by atoms with van der Waals surface area (Å²) in [6.07, 6.45) is 4.23. The van der Waals surface area contributed by atoms with Crippen molar-refractivity contribution in [1.29, 1.82) is 0 Å². The molecule has 0 saturated carbocycles. The van der Waals surface area contributed by atoms with Gasteiger partial charge in [0.25, 0.3) is 5.91 Å². The molecule has 3 aliphatic rings. The van der Waals surface area contributed by atoms with Gasteiger partial charge in [-0.2, -0.15) is 0 Å². The van der Waals surface area contributed by atoms with E-state index in [4.69, 9.17) is 4.74 Å². The van der Waals surface area contributed by atoms with Gasteiger partial charge in [-0.05, 0) is 48.6 Å². The molecule has 3 aliphatic heterocycles. The number of amides is 3. The first-order valence-electron chi connectivity index (χ1n) is 14.5. The zero-order valence-corrected chi connectivity index (χ0v) is 24.5. The molecule has 3 fully saturated rings. The van der Waals surface area contributed by atoms with Gasteiger partial charge in [0.1, 0.15) is 11.6 Å². The number of hydrogen-bond donors (Lipinski definition) is 1. The minimum absolute atomic E-state index is 0.0735. The number of carbonyl (C=O) groups is 3. The van der Waals surface area contributed by atoms with Gasteiger partial charge in [0, 0.05) is 25.8 Å². The van der Waals surface area contributed by atoms with Gasteiger partial charge in [0.05, 0.1) is 30.1 Å². The molecular weight excluding hydrogens is 518 g/mol. The molecule has 1 spiro atoms. The standard InChI is InChI=1S/C33H41N3O5/c1-7-16-34(6)29(38)26-27-30(39)36(24(9-3)20-37)28(33(27)19-21(4)32(26,5)41-33)31(40)35(17-8-2)25-15-14-22-12-10-11-13-23(22)18-25/h7-8,10-15,18,21,24,26-28,37H,1-2,9,16-17,19-20H2,3-6H3/t21?,24-,26+,27-,28?,32-,33?/m0/s1. The van der Waals surface area contributed by atoms with E-state index in [1.807, 2.05) is 63.2 Å². The molecule has 1 N–H and O–H groups in total. The molecule has 0 radical (unpaired) electrons.